The lowest BCUT2D eigenvalue weighted by molar-refractivity contribution is -0.145. The second-order valence-electron chi connectivity index (χ2n) is 7.49. The lowest BCUT2D eigenvalue weighted by Crippen LogP contribution is -2.40. The third kappa shape index (κ3) is 4.39. The number of anilines is 1. The van der Waals surface area contributed by atoms with Crippen molar-refractivity contribution in [1.29, 1.82) is 5.26 Å². The number of fused-ring (bicyclic) bond motifs is 1. The fourth-order valence-electron chi connectivity index (χ4n) is 3.80. The molecule has 2 heterocycles. The van der Waals surface area contributed by atoms with E-state index in [1.165, 1.54) is 7.11 Å². The third-order valence-corrected chi connectivity index (χ3v) is 4.92. The van der Waals surface area contributed by atoms with Crippen LogP contribution in [0.15, 0.2) is 24.3 Å². The summed E-state index contributed by atoms with van der Waals surface area (Å²) in [7, 11) is 1.53. The van der Waals surface area contributed by atoms with Crippen LogP contribution < -0.4 is 4.90 Å². The number of nitrogens with zero attached hydrogens (tertiary/aromatic N) is 4. The molecule has 0 aliphatic carbocycles. The number of hydrogen-bond acceptors (Lipinski definition) is 7. The highest BCUT2D eigenvalue weighted by Crippen LogP contribution is 2.32. The van der Waals surface area contributed by atoms with Gasteiger partial charge < -0.3 is 14.4 Å². The molecule has 148 valence electrons. The van der Waals surface area contributed by atoms with E-state index >= 15 is 0 Å². The molecule has 1 aliphatic heterocycles. The zero-order valence-electron chi connectivity index (χ0n) is 16.6. The SMILES string of the molecule is COCCOC(=O)[C@H](C#N)c1nc2ccccc2nc1N1C[C@H](C)C[C@H](C)C1. The highest BCUT2D eigenvalue weighted by atomic mass is 16.6. The zero-order chi connectivity index (χ0) is 20.1. The van der Waals surface area contributed by atoms with E-state index in [2.05, 4.69) is 29.8 Å². The molecule has 0 bridgehead atoms. The van der Waals surface area contributed by atoms with Gasteiger partial charge >= 0.3 is 5.97 Å². The number of piperidine rings is 1. The van der Waals surface area contributed by atoms with E-state index in [1.807, 2.05) is 24.3 Å². The van der Waals surface area contributed by atoms with Gasteiger partial charge in [0.05, 0.1) is 23.7 Å². The van der Waals surface area contributed by atoms with Crippen LogP contribution in [-0.2, 0) is 14.3 Å². The maximum Gasteiger partial charge on any atom is 0.329 e. The van der Waals surface area contributed by atoms with Crippen molar-refractivity contribution in [3.05, 3.63) is 30.0 Å². The largest absolute Gasteiger partial charge is 0.462 e. The molecule has 0 saturated carbocycles. The molecule has 2 aromatic rings. The standard InChI is InChI=1S/C21H26N4O3/c1-14-10-15(2)13-25(12-14)20-19(16(11-22)21(26)28-9-8-27-3)23-17-6-4-5-7-18(17)24-20/h4-7,14-16H,8-10,12-13H2,1-3H3/t14-,15+,16-/m1/s1. The monoisotopic (exact) mass is 382 g/mol. The molecule has 0 spiro atoms. The van der Waals surface area contributed by atoms with Gasteiger partial charge in [-0.25, -0.2) is 9.97 Å². The summed E-state index contributed by atoms with van der Waals surface area (Å²) in [6.07, 6.45) is 1.15. The Labute approximate surface area is 165 Å². The molecule has 0 N–H and O–H groups in total. The topological polar surface area (TPSA) is 88.3 Å². The second kappa shape index (κ2) is 8.98. The number of methoxy groups -OCH3 is 1. The number of carbonyl (C=O) groups is 1. The molecule has 7 heteroatoms. The summed E-state index contributed by atoms with van der Waals surface area (Å²) >= 11 is 0. The summed E-state index contributed by atoms with van der Waals surface area (Å²) in [5.41, 5.74) is 1.77. The quantitative estimate of drug-likeness (QED) is 0.560. The Bertz CT molecular complexity index is 870. The predicted molar refractivity (Wildman–Crippen MR) is 106 cm³/mol. The lowest BCUT2D eigenvalue weighted by Gasteiger charge is -2.36. The van der Waals surface area contributed by atoms with Crippen LogP contribution in [0.2, 0.25) is 0 Å². The summed E-state index contributed by atoms with van der Waals surface area (Å²) in [5, 5.41) is 9.74. The number of esters is 1. The number of rotatable bonds is 6. The van der Waals surface area contributed by atoms with E-state index < -0.39 is 11.9 Å². The average Bonchev–Trinajstić information content (AvgIpc) is 2.67. The molecule has 1 aromatic carbocycles. The number of hydrogen-bond donors (Lipinski definition) is 0. The molecule has 1 fully saturated rings. The molecule has 0 unspecified atom stereocenters. The molecule has 0 amide bonds. The number of ether oxygens (including phenoxy) is 2. The number of carbonyl (C=O) groups excluding carboxylic acids is 1. The molecule has 3 atom stereocenters. The molecule has 3 rings (SSSR count). The van der Waals surface area contributed by atoms with Crippen molar-refractivity contribution in [3.63, 3.8) is 0 Å². The summed E-state index contributed by atoms with van der Waals surface area (Å²) in [6, 6.07) is 9.57. The maximum absolute atomic E-state index is 12.6. The van der Waals surface area contributed by atoms with E-state index in [9.17, 15) is 10.1 Å². The number of aromatic nitrogens is 2. The van der Waals surface area contributed by atoms with E-state index in [0.717, 1.165) is 25.0 Å². The summed E-state index contributed by atoms with van der Waals surface area (Å²) in [6.45, 7) is 6.43. The van der Waals surface area contributed by atoms with Gasteiger partial charge in [-0.15, -0.1) is 0 Å². The smallest absolute Gasteiger partial charge is 0.329 e. The molecule has 1 aliphatic rings. The van der Waals surface area contributed by atoms with Crippen LogP contribution in [0.4, 0.5) is 5.82 Å². The van der Waals surface area contributed by atoms with Crippen molar-refractivity contribution in [3.8, 4) is 6.07 Å². The fourth-order valence-corrected chi connectivity index (χ4v) is 3.80. The van der Waals surface area contributed by atoms with Gasteiger partial charge in [0, 0.05) is 20.2 Å². The Kier molecular flexibility index (Phi) is 6.42. The van der Waals surface area contributed by atoms with Crippen LogP contribution in [0, 0.1) is 23.2 Å². The lowest BCUT2D eigenvalue weighted by atomic mass is 9.91. The Balaban J connectivity index is 2.03. The first kappa shape index (κ1) is 20.0. The molecular weight excluding hydrogens is 356 g/mol. The summed E-state index contributed by atoms with van der Waals surface area (Å²) in [5.74, 6) is -0.148. The minimum Gasteiger partial charge on any atom is -0.462 e. The second-order valence-corrected chi connectivity index (χ2v) is 7.49. The molecule has 0 radical (unpaired) electrons. The number of benzene rings is 1. The molecule has 7 nitrogen and oxygen atoms in total. The Morgan fingerprint density at radius 1 is 1.21 bits per heavy atom. The van der Waals surface area contributed by atoms with Crippen molar-refractivity contribution >= 4 is 22.8 Å². The minimum atomic E-state index is -1.13. The number of para-hydroxylation sites is 2. The fraction of sp³-hybridized carbons (Fsp3) is 0.524. The highest BCUT2D eigenvalue weighted by Gasteiger charge is 2.32. The molecule has 28 heavy (non-hydrogen) atoms. The zero-order valence-corrected chi connectivity index (χ0v) is 16.6. The van der Waals surface area contributed by atoms with Gasteiger partial charge in [-0.3, -0.25) is 4.79 Å². The predicted octanol–water partition coefficient (Wildman–Crippen LogP) is 2.91. The van der Waals surface area contributed by atoms with Crippen LogP contribution >= 0.6 is 0 Å². The van der Waals surface area contributed by atoms with Crippen molar-refractivity contribution in [1.82, 2.24) is 9.97 Å². The number of nitriles is 1. The van der Waals surface area contributed by atoms with Crippen LogP contribution in [0.1, 0.15) is 31.9 Å². The average molecular weight is 382 g/mol. The molecular formula is C21H26N4O3. The summed E-state index contributed by atoms with van der Waals surface area (Å²) in [4.78, 5) is 24.2. The van der Waals surface area contributed by atoms with E-state index in [-0.39, 0.29) is 13.2 Å². The van der Waals surface area contributed by atoms with Gasteiger partial charge in [0.2, 0.25) is 0 Å². The van der Waals surface area contributed by atoms with Gasteiger partial charge in [-0.05, 0) is 30.4 Å². The van der Waals surface area contributed by atoms with Crippen LogP contribution in [-0.4, -0.2) is 49.4 Å². The first-order valence-electron chi connectivity index (χ1n) is 9.60. The summed E-state index contributed by atoms with van der Waals surface area (Å²) < 4.78 is 10.1. The van der Waals surface area contributed by atoms with Gasteiger partial charge in [0.15, 0.2) is 11.7 Å². The Morgan fingerprint density at radius 2 is 1.86 bits per heavy atom. The van der Waals surface area contributed by atoms with E-state index in [0.29, 0.717) is 28.9 Å². The van der Waals surface area contributed by atoms with E-state index in [4.69, 9.17) is 14.5 Å². The van der Waals surface area contributed by atoms with Gasteiger partial charge in [0.1, 0.15) is 12.3 Å². The minimum absolute atomic E-state index is 0.0988. The van der Waals surface area contributed by atoms with Crippen molar-refractivity contribution < 1.29 is 14.3 Å². The Morgan fingerprint density at radius 3 is 2.46 bits per heavy atom. The first-order valence-corrected chi connectivity index (χ1v) is 9.60. The van der Waals surface area contributed by atoms with Crippen molar-refractivity contribution in [2.24, 2.45) is 11.8 Å². The van der Waals surface area contributed by atoms with Crippen molar-refractivity contribution in [2.45, 2.75) is 26.2 Å². The van der Waals surface area contributed by atoms with Crippen LogP contribution in [0.5, 0.6) is 0 Å². The van der Waals surface area contributed by atoms with E-state index in [1.54, 1.807) is 0 Å². The van der Waals surface area contributed by atoms with Gasteiger partial charge in [-0.2, -0.15) is 5.26 Å². The first-order chi connectivity index (χ1) is 13.5. The van der Waals surface area contributed by atoms with Crippen molar-refractivity contribution in [2.75, 3.05) is 38.3 Å². The van der Waals surface area contributed by atoms with Gasteiger partial charge in [0.25, 0.3) is 0 Å². The highest BCUT2D eigenvalue weighted by molar-refractivity contribution is 5.85. The molecule has 1 saturated heterocycles. The van der Waals surface area contributed by atoms with Crippen LogP contribution in [0.3, 0.4) is 0 Å². The van der Waals surface area contributed by atoms with Gasteiger partial charge in [-0.1, -0.05) is 26.0 Å². The third-order valence-electron chi connectivity index (χ3n) is 4.92. The Hall–Kier alpha value is -2.72. The van der Waals surface area contributed by atoms with Crippen LogP contribution in [0.25, 0.3) is 11.0 Å². The normalized spacial score (nSPS) is 20.6. The molecule has 1 aromatic heterocycles. The maximum atomic E-state index is 12.6.